The van der Waals surface area contributed by atoms with Crippen LogP contribution >= 0.6 is 0 Å². The molecule has 0 spiro atoms. The number of benzene rings is 1. The van der Waals surface area contributed by atoms with Crippen LogP contribution in [0.2, 0.25) is 0 Å². The maximum atomic E-state index is 13.5. The second-order valence-electron chi connectivity index (χ2n) is 4.24. The van der Waals surface area contributed by atoms with Gasteiger partial charge in [0.05, 0.1) is 11.9 Å². The van der Waals surface area contributed by atoms with Gasteiger partial charge in [0.25, 0.3) is 0 Å². The van der Waals surface area contributed by atoms with Gasteiger partial charge < -0.3 is 10.6 Å². The van der Waals surface area contributed by atoms with Crippen LogP contribution in [-0.2, 0) is 11.3 Å². The second kappa shape index (κ2) is 6.01. The molecule has 0 unspecified atom stereocenters. The van der Waals surface area contributed by atoms with E-state index in [0.717, 1.165) is 5.56 Å². The van der Waals surface area contributed by atoms with Crippen LogP contribution in [0.1, 0.15) is 12.5 Å². The molecule has 2 rings (SSSR count). The Balaban J connectivity index is 2.05. The Morgan fingerprint density at radius 1 is 1.55 bits per heavy atom. The molecule has 2 N–H and O–H groups in total. The molecule has 0 fully saturated rings. The number of hydrogen-bond donors (Lipinski definition) is 2. The van der Waals surface area contributed by atoms with Crippen molar-refractivity contribution in [3.8, 4) is 0 Å². The van der Waals surface area contributed by atoms with E-state index in [1.54, 1.807) is 29.2 Å². The minimum atomic E-state index is -0.467. The first-order valence-electron chi connectivity index (χ1n) is 6.05. The molecule has 1 amide bonds. The standard InChI is InChI=1S/C14H15FN4O/c1-3-19-9-11(8-17-19)7-16-12-4-5-13(15)14(6-12)18-10(2)20/h3-6,8-9,16H,1,7H2,2H3,(H,18,20). The third kappa shape index (κ3) is 3.44. The van der Waals surface area contributed by atoms with Crippen molar-refractivity contribution in [1.82, 2.24) is 9.78 Å². The molecule has 0 atom stereocenters. The van der Waals surface area contributed by atoms with Gasteiger partial charge in [0.2, 0.25) is 5.91 Å². The fourth-order valence-corrected chi connectivity index (χ4v) is 1.69. The van der Waals surface area contributed by atoms with Crippen LogP contribution < -0.4 is 10.6 Å². The van der Waals surface area contributed by atoms with Gasteiger partial charge in [-0.25, -0.2) is 9.07 Å². The largest absolute Gasteiger partial charge is 0.381 e. The highest BCUT2D eigenvalue weighted by molar-refractivity contribution is 5.89. The number of nitrogens with one attached hydrogen (secondary N) is 2. The molecule has 0 aliphatic carbocycles. The second-order valence-corrected chi connectivity index (χ2v) is 4.24. The van der Waals surface area contributed by atoms with Crippen molar-refractivity contribution in [2.75, 3.05) is 10.6 Å². The molecule has 0 saturated carbocycles. The van der Waals surface area contributed by atoms with Crippen LogP contribution in [0.15, 0.2) is 37.2 Å². The summed E-state index contributed by atoms with van der Waals surface area (Å²) < 4.78 is 15.1. The van der Waals surface area contributed by atoms with Gasteiger partial charge in [0.15, 0.2) is 0 Å². The summed E-state index contributed by atoms with van der Waals surface area (Å²) in [4.78, 5) is 11.0. The summed E-state index contributed by atoms with van der Waals surface area (Å²) in [6.45, 7) is 5.49. The van der Waals surface area contributed by atoms with Crippen LogP contribution in [0.5, 0.6) is 0 Å². The van der Waals surface area contributed by atoms with Crippen molar-refractivity contribution in [2.45, 2.75) is 13.5 Å². The van der Waals surface area contributed by atoms with E-state index in [-0.39, 0.29) is 11.6 Å². The van der Waals surface area contributed by atoms with Gasteiger partial charge in [-0.1, -0.05) is 6.58 Å². The molecule has 1 aromatic heterocycles. The molecule has 0 radical (unpaired) electrons. The summed E-state index contributed by atoms with van der Waals surface area (Å²) in [5, 5.41) is 9.63. The van der Waals surface area contributed by atoms with Gasteiger partial charge in [-0.05, 0) is 18.2 Å². The Morgan fingerprint density at radius 2 is 2.35 bits per heavy atom. The van der Waals surface area contributed by atoms with E-state index in [9.17, 15) is 9.18 Å². The molecule has 104 valence electrons. The molecule has 1 aromatic carbocycles. The number of rotatable bonds is 5. The fraction of sp³-hybridized carbons (Fsp3) is 0.143. The number of carbonyl (C=O) groups is 1. The highest BCUT2D eigenvalue weighted by atomic mass is 19.1. The lowest BCUT2D eigenvalue weighted by molar-refractivity contribution is -0.114. The topological polar surface area (TPSA) is 59.0 Å². The molecule has 5 nitrogen and oxygen atoms in total. The van der Waals surface area contributed by atoms with Crippen molar-refractivity contribution in [3.05, 3.63) is 48.6 Å². The predicted octanol–water partition coefficient (Wildman–Crippen LogP) is 2.69. The van der Waals surface area contributed by atoms with Crippen LogP contribution in [0, 0.1) is 5.82 Å². The molecule has 0 aliphatic rings. The molecule has 6 heteroatoms. The first kappa shape index (κ1) is 13.8. The van der Waals surface area contributed by atoms with E-state index in [2.05, 4.69) is 22.3 Å². The molecule has 0 saturated heterocycles. The number of nitrogens with zero attached hydrogens (tertiary/aromatic N) is 2. The van der Waals surface area contributed by atoms with E-state index < -0.39 is 5.82 Å². The molecule has 1 heterocycles. The molecular formula is C14H15FN4O. The van der Waals surface area contributed by atoms with E-state index in [4.69, 9.17) is 0 Å². The van der Waals surface area contributed by atoms with Gasteiger partial charge >= 0.3 is 0 Å². The zero-order valence-corrected chi connectivity index (χ0v) is 11.1. The first-order chi connectivity index (χ1) is 9.58. The number of carbonyl (C=O) groups excluding carboxylic acids is 1. The van der Waals surface area contributed by atoms with E-state index in [0.29, 0.717) is 12.2 Å². The van der Waals surface area contributed by atoms with Crippen LogP contribution in [-0.4, -0.2) is 15.7 Å². The van der Waals surface area contributed by atoms with Crippen molar-refractivity contribution in [3.63, 3.8) is 0 Å². The molecule has 2 aromatic rings. The van der Waals surface area contributed by atoms with Crippen LogP contribution in [0.4, 0.5) is 15.8 Å². The van der Waals surface area contributed by atoms with Crippen LogP contribution in [0.25, 0.3) is 6.20 Å². The number of halogens is 1. The van der Waals surface area contributed by atoms with E-state index >= 15 is 0 Å². The Bertz CT molecular complexity index is 636. The Hall–Kier alpha value is -2.63. The Morgan fingerprint density at radius 3 is 3.00 bits per heavy atom. The third-order valence-corrected chi connectivity index (χ3v) is 2.62. The average molecular weight is 274 g/mol. The normalized spacial score (nSPS) is 10.1. The van der Waals surface area contributed by atoms with E-state index in [1.165, 1.54) is 13.0 Å². The third-order valence-electron chi connectivity index (χ3n) is 2.62. The summed E-state index contributed by atoms with van der Waals surface area (Å²) >= 11 is 0. The lowest BCUT2D eigenvalue weighted by Gasteiger charge is -2.09. The quantitative estimate of drug-likeness (QED) is 0.881. The van der Waals surface area contributed by atoms with Gasteiger partial charge in [-0.15, -0.1) is 0 Å². The monoisotopic (exact) mass is 274 g/mol. The zero-order chi connectivity index (χ0) is 14.5. The van der Waals surface area contributed by atoms with Gasteiger partial charge in [-0.3, -0.25) is 4.79 Å². The zero-order valence-electron chi connectivity index (χ0n) is 11.1. The van der Waals surface area contributed by atoms with Gasteiger partial charge in [0.1, 0.15) is 5.82 Å². The first-order valence-corrected chi connectivity index (χ1v) is 6.05. The summed E-state index contributed by atoms with van der Waals surface area (Å²) in [7, 11) is 0. The van der Waals surface area contributed by atoms with Crippen molar-refractivity contribution >= 4 is 23.5 Å². The average Bonchev–Trinajstić information content (AvgIpc) is 2.87. The highest BCUT2D eigenvalue weighted by Gasteiger charge is 2.05. The summed E-state index contributed by atoms with van der Waals surface area (Å²) in [6, 6.07) is 4.47. The van der Waals surface area contributed by atoms with Crippen LogP contribution in [0.3, 0.4) is 0 Å². The molecule has 0 bridgehead atoms. The minimum Gasteiger partial charge on any atom is -0.381 e. The number of anilines is 2. The Labute approximate surface area is 116 Å². The fourth-order valence-electron chi connectivity index (χ4n) is 1.69. The SMILES string of the molecule is C=Cn1cc(CNc2ccc(F)c(NC(C)=O)c2)cn1. The predicted molar refractivity (Wildman–Crippen MR) is 76.6 cm³/mol. The number of amides is 1. The van der Waals surface area contributed by atoms with Crippen molar-refractivity contribution in [2.24, 2.45) is 0 Å². The summed E-state index contributed by atoms with van der Waals surface area (Å²) in [5.74, 6) is -0.779. The van der Waals surface area contributed by atoms with Gasteiger partial charge in [0, 0.05) is 37.1 Å². The highest BCUT2D eigenvalue weighted by Crippen LogP contribution is 2.20. The maximum absolute atomic E-state index is 13.5. The van der Waals surface area contributed by atoms with E-state index in [1.807, 2.05) is 6.20 Å². The number of aromatic nitrogens is 2. The summed E-state index contributed by atoms with van der Waals surface area (Å²) in [5.41, 5.74) is 1.83. The molecule has 20 heavy (non-hydrogen) atoms. The molecule has 0 aliphatic heterocycles. The lowest BCUT2D eigenvalue weighted by atomic mass is 10.2. The van der Waals surface area contributed by atoms with Gasteiger partial charge in [-0.2, -0.15) is 5.10 Å². The minimum absolute atomic E-state index is 0.157. The maximum Gasteiger partial charge on any atom is 0.221 e. The lowest BCUT2D eigenvalue weighted by Crippen LogP contribution is -2.08. The molecular weight excluding hydrogens is 259 g/mol. The van der Waals surface area contributed by atoms with Crippen molar-refractivity contribution < 1.29 is 9.18 Å². The summed E-state index contributed by atoms with van der Waals surface area (Å²) in [6.07, 6.45) is 5.14. The number of hydrogen-bond acceptors (Lipinski definition) is 3. The smallest absolute Gasteiger partial charge is 0.221 e. The Kier molecular flexibility index (Phi) is 4.14. The van der Waals surface area contributed by atoms with Crippen molar-refractivity contribution in [1.29, 1.82) is 0 Å².